The van der Waals surface area contributed by atoms with Crippen LogP contribution in [0.2, 0.25) is 0 Å². The molecule has 24 heavy (non-hydrogen) atoms. The van der Waals surface area contributed by atoms with Gasteiger partial charge < -0.3 is 5.11 Å². The first-order chi connectivity index (χ1) is 11.6. The Morgan fingerprint density at radius 2 is 1.79 bits per heavy atom. The van der Waals surface area contributed by atoms with Crippen molar-refractivity contribution in [2.24, 2.45) is 0 Å². The van der Waals surface area contributed by atoms with E-state index >= 15 is 0 Å². The second kappa shape index (κ2) is 7.19. The van der Waals surface area contributed by atoms with Gasteiger partial charge in [0.2, 0.25) is 0 Å². The summed E-state index contributed by atoms with van der Waals surface area (Å²) in [6.45, 7) is 0. The Bertz CT molecular complexity index is 870. The van der Waals surface area contributed by atoms with Crippen LogP contribution >= 0.6 is 11.3 Å². The SMILES string of the molecule is O=C(O)Cc1sc(/C=C/c2ccc(F)cc2)nc1-c1ccccc1. The third kappa shape index (κ3) is 3.94. The minimum Gasteiger partial charge on any atom is -0.481 e. The fourth-order valence-corrected chi connectivity index (χ4v) is 3.24. The van der Waals surface area contributed by atoms with Crippen molar-refractivity contribution in [1.29, 1.82) is 0 Å². The van der Waals surface area contributed by atoms with Crippen LogP contribution in [0.3, 0.4) is 0 Å². The summed E-state index contributed by atoms with van der Waals surface area (Å²) in [5.41, 5.74) is 2.45. The number of halogens is 1. The molecule has 0 bridgehead atoms. The van der Waals surface area contributed by atoms with Gasteiger partial charge in [0.15, 0.2) is 0 Å². The maximum absolute atomic E-state index is 12.9. The van der Waals surface area contributed by atoms with Gasteiger partial charge in [0, 0.05) is 10.4 Å². The summed E-state index contributed by atoms with van der Waals surface area (Å²) in [6.07, 6.45) is 3.58. The molecule has 0 spiro atoms. The molecule has 3 aromatic rings. The number of thiazole rings is 1. The van der Waals surface area contributed by atoms with E-state index in [2.05, 4.69) is 4.98 Å². The lowest BCUT2D eigenvalue weighted by Crippen LogP contribution is -1.99. The van der Waals surface area contributed by atoms with E-state index in [0.717, 1.165) is 16.1 Å². The molecule has 120 valence electrons. The number of hydrogen-bond donors (Lipinski definition) is 1. The number of carboxylic acids is 1. The molecule has 0 unspecified atom stereocenters. The minimum atomic E-state index is -0.884. The zero-order valence-electron chi connectivity index (χ0n) is 12.6. The van der Waals surface area contributed by atoms with Crippen molar-refractivity contribution in [3.63, 3.8) is 0 Å². The molecule has 1 heterocycles. The molecule has 0 saturated heterocycles. The van der Waals surface area contributed by atoms with E-state index in [4.69, 9.17) is 5.11 Å². The van der Waals surface area contributed by atoms with Gasteiger partial charge in [-0.25, -0.2) is 9.37 Å². The van der Waals surface area contributed by atoms with Crippen molar-refractivity contribution in [2.75, 3.05) is 0 Å². The van der Waals surface area contributed by atoms with Crippen LogP contribution < -0.4 is 0 Å². The number of benzene rings is 2. The summed E-state index contributed by atoms with van der Waals surface area (Å²) in [6, 6.07) is 15.7. The van der Waals surface area contributed by atoms with E-state index < -0.39 is 5.97 Å². The van der Waals surface area contributed by atoms with Crippen LogP contribution in [0.4, 0.5) is 4.39 Å². The van der Waals surface area contributed by atoms with E-state index in [0.29, 0.717) is 10.6 Å². The molecule has 0 aliphatic rings. The summed E-state index contributed by atoms with van der Waals surface area (Å²) >= 11 is 1.35. The second-order valence-corrected chi connectivity index (χ2v) is 6.26. The maximum Gasteiger partial charge on any atom is 0.308 e. The Hall–Kier alpha value is -2.79. The zero-order chi connectivity index (χ0) is 16.9. The molecule has 0 radical (unpaired) electrons. The van der Waals surface area contributed by atoms with E-state index in [1.54, 1.807) is 12.1 Å². The van der Waals surface area contributed by atoms with Crippen molar-refractivity contribution >= 4 is 29.5 Å². The Balaban J connectivity index is 1.93. The molecule has 0 aliphatic carbocycles. The second-order valence-electron chi connectivity index (χ2n) is 5.15. The smallest absolute Gasteiger partial charge is 0.308 e. The van der Waals surface area contributed by atoms with Gasteiger partial charge in [-0.3, -0.25) is 4.79 Å². The summed E-state index contributed by atoms with van der Waals surface area (Å²) in [5, 5.41) is 9.82. The number of carbonyl (C=O) groups is 1. The first-order valence-electron chi connectivity index (χ1n) is 7.32. The van der Waals surface area contributed by atoms with Gasteiger partial charge in [-0.15, -0.1) is 11.3 Å². The zero-order valence-corrected chi connectivity index (χ0v) is 13.5. The van der Waals surface area contributed by atoms with Crippen molar-refractivity contribution in [1.82, 2.24) is 4.98 Å². The Kier molecular flexibility index (Phi) is 4.82. The van der Waals surface area contributed by atoms with Gasteiger partial charge in [0.25, 0.3) is 0 Å². The lowest BCUT2D eigenvalue weighted by molar-refractivity contribution is -0.136. The number of rotatable bonds is 5. The van der Waals surface area contributed by atoms with Crippen LogP contribution in [0.1, 0.15) is 15.4 Å². The topological polar surface area (TPSA) is 50.2 Å². The Morgan fingerprint density at radius 3 is 2.46 bits per heavy atom. The van der Waals surface area contributed by atoms with Crippen molar-refractivity contribution in [3.8, 4) is 11.3 Å². The molecule has 0 saturated carbocycles. The number of aliphatic carboxylic acids is 1. The van der Waals surface area contributed by atoms with Crippen LogP contribution in [0.15, 0.2) is 54.6 Å². The predicted octanol–water partition coefficient (Wildman–Crippen LogP) is 4.75. The van der Waals surface area contributed by atoms with Crippen LogP contribution in [-0.2, 0) is 11.2 Å². The van der Waals surface area contributed by atoms with Crippen molar-refractivity contribution < 1.29 is 14.3 Å². The molecule has 0 aliphatic heterocycles. The summed E-state index contributed by atoms with van der Waals surface area (Å²) < 4.78 is 12.9. The number of aromatic nitrogens is 1. The largest absolute Gasteiger partial charge is 0.481 e. The Morgan fingerprint density at radius 1 is 1.08 bits per heavy atom. The molecular formula is C19H14FNO2S. The van der Waals surface area contributed by atoms with Gasteiger partial charge >= 0.3 is 5.97 Å². The summed E-state index contributed by atoms with van der Waals surface area (Å²) in [7, 11) is 0. The van der Waals surface area contributed by atoms with Crippen molar-refractivity contribution in [3.05, 3.63) is 75.9 Å². The minimum absolute atomic E-state index is 0.0632. The standard InChI is InChI=1S/C19H14FNO2S/c20-15-9-6-13(7-10-15)8-11-17-21-19(14-4-2-1-3-5-14)16(24-17)12-18(22)23/h1-11H,12H2,(H,22,23)/b11-8+. The van der Waals surface area contributed by atoms with E-state index in [1.165, 1.54) is 23.5 Å². The molecule has 3 nitrogen and oxygen atoms in total. The quantitative estimate of drug-likeness (QED) is 0.730. The number of carboxylic acid groups (broad SMARTS) is 1. The van der Waals surface area contributed by atoms with Crippen LogP contribution in [0, 0.1) is 5.82 Å². The van der Waals surface area contributed by atoms with Gasteiger partial charge in [-0.2, -0.15) is 0 Å². The number of nitrogens with zero attached hydrogens (tertiary/aromatic N) is 1. The molecule has 2 aromatic carbocycles. The molecule has 5 heteroatoms. The van der Waals surface area contributed by atoms with Gasteiger partial charge in [0.05, 0.1) is 12.1 Å². The first-order valence-corrected chi connectivity index (χ1v) is 8.14. The highest BCUT2D eigenvalue weighted by Gasteiger charge is 2.14. The van der Waals surface area contributed by atoms with Crippen LogP contribution in [-0.4, -0.2) is 16.1 Å². The molecule has 0 amide bonds. The first kappa shape index (κ1) is 16.1. The average molecular weight is 339 g/mol. The van der Waals surface area contributed by atoms with E-state index in [9.17, 15) is 9.18 Å². The molecule has 3 rings (SSSR count). The van der Waals surface area contributed by atoms with Gasteiger partial charge in [0.1, 0.15) is 10.8 Å². The van der Waals surface area contributed by atoms with Crippen LogP contribution in [0.5, 0.6) is 0 Å². The lowest BCUT2D eigenvalue weighted by Gasteiger charge is -1.99. The molecule has 0 fully saturated rings. The predicted molar refractivity (Wildman–Crippen MR) is 94.2 cm³/mol. The van der Waals surface area contributed by atoms with E-state index in [-0.39, 0.29) is 12.2 Å². The van der Waals surface area contributed by atoms with Gasteiger partial charge in [-0.05, 0) is 23.8 Å². The Labute approximate surface area is 142 Å². The maximum atomic E-state index is 12.9. The van der Waals surface area contributed by atoms with E-state index in [1.807, 2.05) is 42.5 Å². The molecule has 1 aromatic heterocycles. The highest BCUT2D eigenvalue weighted by atomic mass is 32.1. The van der Waals surface area contributed by atoms with Crippen LogP contribution in [0.25, 0.3) is 23.4 Å². The monoisotopic (exact) mass is 339 g/mol. The molecular weight excluding hydrogens is 325 g/mol. The third-order valence-electron chi connectivity index (χ3n) is 3.36. The van der Waals surface area contributed by atoms with Gasteiger partial charge in [-0.1, -0.05) is 48.5 Å². The molecule has 0 atom stereocenters. The summed E-state index contributed by atoms with van der Waals surface area (Å²) in [5.74, 6) is -1.17. The van der Waals surface area contributed by atoms with Crippen molar-refractivity contribution in [2.45, 2.75) is 6.42 Å². The molecule has 1 N–H and O–H groups in total. The average Bonchev–Trinajstić information content (AvgIpc) is 2.97. The third-order valence-corrected chi connectivity index (χ3v) is 4.38. The number of hydrogen-bond acceptors (Lipinski definition) is 3. The lowest BCUT2D eigenvalue weighted by atomic mass is 10.1. The highest BCUT2D eigenvalue weighted by molar-refractivity contribution is 7.13. The normalized spacial score (nSPS) is 11.0. The fourth-order valence-electron chi connectivity index (χ4n) is 2.26. The summed E-state index contributed by atoms with van der Waals surface area (Å²) in [4.78, 5) is 16.4. The fraction of sp³-hybridized carbons (Fsp3) is 0.0526. The highest BCUT2D eigenvalue weighted by Crippen LogP contribution is 2.29.